The SMILES string of the molecule is CC/C=C/C(c1c(Br)cc(Cl)cc1CC)C1CCN(C(=O)CC2CCN(C(N)=O)CC2)CC1. The minimum absolute atomic E-state index is 0.258. The number of likely N-dealkylation sites (tertiary alicyclic amines) is 2. The van der Waals surface area contributed by atoms with Crippen molar-refractivity contribution in [2.45, 2.75) is 64.7 Å². The fourth-order valence-corrected chi connectivity index (χ4v) is 6.46. The Balaban J connectivity index is 1.62. The Morgan fingerprint density at radius 3 is 2.33 bits per heavy atom. The number of allylic oxidation sites excluding steroid dienone is 2. The van der Waals surface area contributed by atoms with E-state index in [9.17, 15) is 9.59 Å². The van der Waals surface area contributed by atoms with E-state index in [0.29, 0.717) is 37.3 Å². The molecule has 3 rings (SSSR count). The number of rotatable bonds is 7. The monoisotopic (exact) mass is 537 g/mol. The van der Waals surface area contributed by atoms with Crippen LogP contribution in [0.1, 0.15) is 69.4 Å². The van der Waals surface area contributed by atoms with E-state index >= 15 is 0 Å². The molecule has 2 N–H and O–H groups in total. The van der Waals surface area contributed by atoms with Gasteiger partial charge in [-0.25, -0.2) is 4.79 Å². The summed E-state index contributed by atoms with van der Waals surface area (Å²) in [5.74, 6) is 1.43. The third-order valence-electron chi connectivity index (χ3n) is 7.26. The Hall–Kier alpha value is -1.53. The fourth-order valence-electron chi connectivity index (χ4n) is 5.32. The first-order chi connectivity index (χ1) is 15.8. The summed E-state index contributed by atoms with van der Waals surface area (Å²) in [5.41, 5.74) is 8.01. The van der Waals surface area contributed by atoms with Crippen LogP contribution >= 0.6 is 27.5 Å². The number of nitrogens with zero attached hydrogens (tertiary/aromatic N) is 2. The molecule has 2 aliphatic heterocycles. The molecule has 2 heterocycles. The molecular formula is C26H37BrClN3O2. The van der Waals surface area contributed by atoms with Gasteiger partial charge in [-0.15, -0.1) is 0 Å². The van der Waals surface area contributed by atoms with Gasteiger partial charge in [0.25, 0.3) is 0 Å². The molecule has 1 aromatic rings. The zero-order chi connectivity index (χ0) is 24.0. The van der Waals surface area contributed by atoms with E-state index in [2.05, 4.69) is 52.9 Å². The van der Waals surface area contributed by atoms with Gasteiger partial charge < -0.3 is 15.5 Å². The van der Waals surface area contributed by atoms with Gasteiger partial charge >= 0.3 is 6.03 Å². The molecule has 2 aliphatic rings. The zero-order valence-corrected chi connectivity index (χ0v) is 22.2. The normalized spacial score (nSPS) is 19.3. The lowest BCUT2D eigenvalue weighted by molar-refractivity contribution is -0.134. The molecule has 1 unspecified atom stereocenters. The number of hydrogen-bond acceptors (Lipinski definition) is 2. The number of urea groups is 1. The van der Waals surface area contributed by atoms with E-state index < -0.39 is 0 Å². The summed E-state index contributed by atoms with van der Waals surface area (Å²) in [4.78, 5) is 28.0. The van der Waals surface area contributed by atoms with E-state index in [1.54, 1.807) is 4.90 Å². The third-order valence-corrected chi connectivity index (χ3v) is 8.14. The number of hydrogen-bond donors (Lipinski definition) is 1. The van der Waals surface area contributed by atoms with Crippen molar-refractivity contribution in [3.8, 4) is 0 Å². The van der Waals surface area contributed by atoms with Gasteiger partial charge in [0, 0.05) is 48.0 Å². The van der Waals surface area contributed by atoms with Crippen LogP contribution in [-0.4, -0.2) is 47.9 Å². The maximum atomic E-state index is 13.0. The summed E-state index contributed by atoms with van der Waals surface area (Å²) in [6.45, 7) is 7.30. The molecule has 2 saturated heterocycles. The number of aryl methyl sites for hydroxylation is 1. The van der Waals surface area contributed by atoms with Crippen molar-refractivity contribution in [1.29, 1.82) is 0 Å². The minimum atomic E-state index is -0.355. The van der Waals surface area contributed by atoms with Crippen LogP contribution in [0.25, 0.3) is 0 Å². The Morgan fingerprint density at radius 2 is 1.76 bits per heavy atom. The van der Waals surface area contributed by atoms with E-state index in [4.69, 9.17) is 17.3 Å². The Morgan fingerprint density at radius 1 is 1.12 bits per heavy atom. The Bertz CT molecular complexity index is 859. The van der Waals surface area contributed by atoms with Crippen molar-refractivity contribution in [1.82, 2.24) is 9.80 Å². The maximum Gasteiger partial charge on any atom is 0.314 e. The average molecular weight is 539 g/mol. The maximum absolute atomic E-state index is 13.0. The van der Waals surface area contributed by atoms with E-state index in [1.165, 1.54) is 11.1 Å². The topological polar surface area (TPSA) is 66.6 Å². The van der Waals surface area contributed by atoms with Gasteiger partial charge in [0.1, 0.15) is 0 Å². The number of benzene rings is 1. The average Bonchev–Trinajstić information content (AvgIpc) is 2.80. The van der Waals surface area contributed by atoms with E-state index in [-0.39, 0.29) is 11.9 Å². The molecule has 182 valence electrons. The van der Waals surface area contributed by atoms with Gasteiger partial charge in [-0.05, 0) is 73.6 Å². The summed E-state index contributed by atoms with van der Waals surface area (Å²) in [6, 6.07) is 3.74. The summed E-state index contributed by atoms with van der Waals surface area (Å²) >= 11 is 10.1. The molecule has 0 bridgehead atoms. The first-order valence-corrected chi connectivity index (χ1v) is 13.5. The second-order valence-corrected chi connectivity index (χ2v) is 10.7. The van der Waals surface area contributed by atoms with Crippen molar-refractivity contribution in [3.05, 3.63) is 44.9 Å². The molecule has 7 heteroatoms. The van der Waals surface area contributed by atoms with Crippen LogP contribution in [0.4, 0.5) is 4.79 Å². The standard InChI is InChI=1S/C26H37BrClN3O2/c1-3-5-6-22(25-19(4-2)16-21(28)17-23(25)27)20-9-13-30(14-10-20)24(32)15-18-7-11-31(12-8-18)26(29)33/h5-6,16-18,20,22H,3-4,7-15H2,1-2H3,(H2,29,33)/b6-5+. The number of nitrogens with two attached hydrogens (primary N) is 1. The quantitative estimate of drug-likeness (QED) is 0.424. The predicted octanol–water partition coefficient (Wildman–Crippen LogP) is 6.13. The highest BCUT2D eigenvalue weighted by Crippen LogP contribution is 2.41. The zero-order valence-electron chi connectivity index (χ0n) is 19.9. The minimum Gasteiger partial charge on any atom is -0.351 e. The predicted molar refractivity (Wildman–Crippen MR) is 139 cm³/mol. The lowest BCUT2D eigenvalue weighted by Crippen LogP contribution is -2.44. The van der Waals surface area contributed by atoms with Crippen molar-refractivity contribution in [2.75, 3.05) is 26.2 Å². The number of carbonyl (C=O) groups excluding carboxylic acids is 2. The number of carbonyl (C=O) groups is 2. The smallest absolute Gasteiger partial charge is 0.314 e. The molecule has 0 saturated carbocycles. The van der Waals surface area contributed by atoms with E-state index in [1.807, 2.05) is 6.07 Å². The molecule has 0 aliphatic carbocycles. The molecule has 3 amide bonds. The van der Waals surface area contributed by atoms with Gasteiger partial charge in [-0.3, -0.25) is 4.79 Å². The second kappa shape index (κ2) is 12.3. The van der Waals surface area contributed by atoms with E-state index in [0.717, 1.165) is 61.1 Å². The van der Waals surface area contributed by atoms with Crippen molar-refractivity contribution in [3.63, 3.8) is 0 Å². The lowest BCUT2D eigenvalue weighted by Gasteiger charge is -2.37. The molecule has 1 atom stereocenters. The van der Waals surface area contributed by atoms with Crippen LogP contribution in [0.15, 0.2) is 28.8 Å². The molecule has 33 heavy (non-hydrogen) atoms. The molecule has 2 fully saturated rings. The van der Waals surface area contributed by atoms with Crippen LogP contribution in [0.5, 0.6) is 0 Å². The van der Waals surface area contributed by atoms with Crippen LogP contribution < -0.4 is 5.73 Å². The number of piperidine rings is 2. The molecule has 1 aromatic carbocycles. The lowest BCUT2D eigenvalue weighted by atomic mass is 9.77. The Kier molecular flexibility index (Phi) is 9.69. The molecule has 0 radical (unpaired) electrons. The van der Waals surface area contributed by atoms with Crippen LogP contribution in [0.3, 0.4) is 0 Å². The Labute approximate surface area is 211 Å². The largest absolute Gasteiger partial charge is 0.351 e. The summed E-state index contributed by atoms with van der Waals surface area (Å²) in [5, 5.41) is 0.766. The van der Waals surface area contributed by atoms with Crippen molar-refractivity contribution >= 4 is 39.5 Å². The van der Waals surface area contributed by atoms with Gasteiger partial charge in [0.2, 0.25) is 5.91 Å². The van der Waals surface area contributed by atoms with Gasteiger partial charge in [-0.2, -0.15) is 0 Å². The third kappa shape index (κ3) is 6.75. The molecule has 0 aromatic heterocycles. The van der Waals surface area contributed by atoms with Crippen LogP contribution in [0.2, 0.25) is 5.02 Å². The molecular weight excluding hydrogens is 502 g/mol. The number of primary amides is 1. The first kappa shape index (κ1) is 26.1. The van der Waals surface area contributed by atoms with Crippen molar-refractivity contribution < 1.29 is 9.59 Å². The number of halogens is 2. The van der Waals surface area contributed by atoms with Crippen molar-refractivity contribution in [2.24, 2.45) is 17.6 Å². The summed E-state index contributed by atoms with van der Waals surface area (Å²) in [6.07, 6.45) is 10.9. The van der Waals surface area contributed by atoms with Gasteiger partial charge in [-0.1, -0.05) is 53.5 Å². The highest BCUT2D eigenvalue weighted by Gasteiger charge is 2.31. The summed E-state index contributed by atoms with van der Waals surface area (Å²) in [7, 11) is 0. The van der Waals surface area contributed by atoms with Crippen LogP contribution in [0, 0.1) is 11.8 Å². The molecule has 5 nitrogen and oxygen atoms in total. The summed E-state index contributed by atoms with van der Waals surface area (Å²) < 4.78 is 1.08. The highest BCUT2D eigenvalue weighted by atomic mass is 79.9. The second-order valence-electron chi connectivity index (χ2n) is 9.37. The highest BCUT2D eigenvalue weighted by molar-refractivity contribution is 9.10. The fraction of sp³-hybridized carbons (Fsp3) is 0.615. The number of amides is 3. The first-order valence-electron chi connectivity index (χ1n) is 12.3. The van der Waals surface area contributed by atoms with Crippen LogP contribution in [-0.2, 0) is 11.2 Å². The van der Waals surface area contributed by atoms with Gasteiger partial charge in [0.05, 0.1) is 0 Å². The van der Waals surface area contributed by atoms with Gasteiger partial charge in [0.15, 0.2) is 0 Å². The molecule has 0 spiro atoms.